The lowest BCUT2D eigenvalue weighted by molar-refractivity contribution is -0.152. The molecule has 0 saturated carbocycles. The van der Waals surface area contributed by atoms with Crippen molar-refractivity contribution in [2.24, 2.45) is 5.73 Å². The highest BCUT2D eigenvalue weighted by molar-refractivity contribution is 6.05. The topological polar surface area (TPSA) is 122 Å². The van der Waals surface area contributed by atoms with Crippen molar-refractivity contribution in [2.45, 2.75) is 25.4 Å². The molecule has 1 heterocycles. The zero-order valence-electron chi connectivity index (χ0n) is 13.3. The Morgan fingerprint density at radius 3 is 2.62 bits per heavy atom. The summed E-state index contributed by atoms with van der Waals surface area (Å²) in [6.45, 7) is 0.891. The maximum atomic E-state index is 12.2. The average Bonchev–Trinajstić information content (AvgIpc) is 2.57. The molecule has 4 N–H and O–H groups in total. The molecule has 8 heteroatoms. The Hall–Kier alpha value is -2.74. The summed E-state index contributed by atoms with van der Waals surface area (Å²) in [4.78, 5) is 48.2. The summed E-state index contributed by atoms with van der Waals surface area (Å²) >= 11 is 0. The van der Waals surface area contributed by atoms with Crippen LogP contribution in [0.1, 0.15) is 12.5 Å². The minimum absolute atomic E-state index is 0.223. The molecule has 1 aromatic rings. The van der Waals surface area contributed by atoms with Gasteiger partial charge < -0.3 is 16.4 Å². The minimum atomic E-state index is -0.950. The first-order valence-electron chi connectivity index (χ1n) is 7.59. The molecule has 0 spiro atoms. The second kappa shape index (κ2) is 7.69. The number of amides is 4. The number of nitrogens with two attached hydrogens (primary N) is 1. The molecule has 128 valence electrons. The molecule has 0 aliphatic carbocycles. The minimum Gasteiger partial charge on any atom is -0.345 e. The van der Waals surface area contributed by atoms with E-state index < -0.39 is 35.7 Å². The lowest BCUT2D eigenvalue weighted by Crippen LogP contribution is -2.59. The van der Waals surface area contributed by atoms with Crippen LogP contribution in [0.2, 0.25) is 0 Å². The predicted octanol–water partition coefficient (Wildman–Crippen LogP) is -1.45. The molecule has 4 amide bonds. The van der Waals surface area contributed by atoms with Gasteiger partial charge in [-0.25, -0.2) is 0 Å². The molecule has 2 rings (SSSR count). The maximum absolute atomic E-state index is 12.2. The van der Waals surface area contributed by atoms with Gasteiger partial charge in [-0.3, -0.25) is 24.1 Å². The van der Waals surface area contributed by atoms with Crippen LogP contribution in [0.25, 0.3) is 0 Å². The highest BCUT2D eigenvalue weighted by atomic mass is 16.2. The number of rotatable bonds is 5. The van der Waals surface area contributed by atoms with Crippen molar-refractivity contribution in [1.29, 1.82) is 0 Å². The van der Waals surface area contributed by atoms with Gasteiger partial charge in [0.15, 0.2) is 0 Å². The molecule has 1 fully saturated rings. The molecule has 0 aromatic heterocycles. The third-order valence-corrected chi connectivity index (χ3v) is 3.67. The smallest absolute Gasteiger partial charge is 0.251 e. The van der Waals surface area contributed by atoms with E-state index in [9.17, 15) is 19.2 Å². The summed E-state index contributed by atoms with van der Waals surface area (Å²) < 4.78 is 0. The molecule has 1 aromatic carbocycles. The predicted molar refractivity (Wildman–Crippen MR) is 85.5 cm³/mol. The van der Waals surface area contributed by atoms with Crippen LogP contribution in [0.4, 0.5) is 0 Å². The van der Waals surface area contributed by atoms with E-state index in [1.807, 2.05) is 30.3 Å². The van der Waals surface area contributed by atoms with Crippen molar-refractivity contribution >= 4 is 23.6 Å². The Bertz CT molecular complexity index is 647. The second-order valence-electron chi connectivity index (χ2n) is 5.62. The Balaban J connectivity index is 1.91. The molecule has 24 heavy (non-hydrogen) atoms. The van der Waals surface area contributed by atoms with E-state index in [0.29, 0.717) is 6.42 Å². The van der Waals surface area contributed by atoms with E-state index in [0.717, 1.165) is 10.5 Å². The third kappa shape index (κ3) is 4.39. The summed E-state index contributed by atoms with van der Waals surface area (Å²) in [6.07, 6.45) is 0.332. The van der Waals surface area contributed by atoms with Crippen molar-refractivity contribution in [3.8, 4) is 0 Å². The zero-order chi connectivity index (χ0) is 17.7. The van der Waals surface area contributed by atoms with Crippen molar-refractivity contribution in [1.82, 2.24) is 15.5 Å². The molecule has 0 radical (unpaired) electrons. The highest BCUT2D eigenvalue weighted by Gasteiger charge is 2.32. The van der Waals surface area contributed by atoms with Gasteiger partial charge in [-0.2, -0.15) is 0 Å². The van der Waals surface area contributed by atoms with Crippen LogP contribution < -0.4 is 16.4 Å². The van der Waals surface area contributed by atoms with Gasteiger partial charge in [0, 0.05) is 0 Å². The fourth-order valence-corrected chi connectivity index (χ4v) is 2.33. The summed E-state index contributed by atoms with van der Waals surface area (Å²) in [7, 11) is 0. The number of carbonyl (C=O) groups is 4. The molecular weight excluding hydrogens is 312 g/mol. The number of imide groups is 1. The summed E-state index contributed by atoms with van der Waals surface area (Å²) in [5.74, 6) is -2.04. The summed E-state index contributed by atoms with van der Waals surface area (Å²) in [6, 6.07) is 7.50. The van der Waals surface area contributed by atoms with Gasteiger partial charge in [0.1, 0.15) is 12.6 Å². The lowest BCUT2D eigenvalue weighted by atomic mass is 10.1. The van der Waals surface area contributed by atoms with Gasteiger partial charge in [0.25, 0.3) is 5.91 Å². The third-order valence-electron chi connectivity index (χ3n) is 3.67. The summed E-state index contributed by atoms with van der Waals surface area (Å²) in [5, 5.41) is 4.85. The summed E-state index contributed by atoms with van der Waals surface area (Å²) in [5.41, 5.74) is 6.76. The van der Waals surface area contributed by atoms with Crippen molar-refractivity contribution in [3.05, 3.63) is 35.9 Å². The first-order valence-corrected chi connectivity index (χ1v) is 7.59. The molecule has 0 bridgehead atoms. The van der Waals surface area contributed by atoms with Crippen LogP contribution in [0.15, 0.2) is 30.3 Å². The van der Waals surface area contributed by atoms with E-state index >= 15 is 0 Å². The van der Waals surface area contributed by atoms with E-state index in [2.05, 4.69) is 10.6 Å². The molecule has 1 aliphatic heterocycles. The SMILES string of the molecule is C[C@H](NC(=O)[C@@H](N)Cc1ccccc1)C(=O)N1CC(=O)NCC1=O. The van der Waals surface area contributed by atoms with Gasteiger partial charge in [-0.1, -0.05) is 30.3 Å². The number of piperazine rings is 1. The fourth-order valence-electron chi connectivity index (χ4n) is 2.33. The largest absolute Gasteiger partial charge is 0.345 e. The Labute approximate surface area is 139 Å². The highest BCUT2D eigenvalue weighted by Crippen LogP contribution is 2.04. The number of nitrogens with zero attached hydrogens (tertiary/aromatic N) is 1. The zero-order valence-corrected chi connectivity index (χ0v) is 13.3. The molecule has 1 saturated heterocycles. The molecular formula is C16H20N4O4. The van der Waals surface area contributed by atoms with Gasteiger partial charge in [-0.15, -0.1) is 0 Å². The van der Waals surface area contributed by atoms with E-state index in [1.165, 1.54) is 6.92 Å². The van der Waals surface area contributed by atoms with Crippen LogP contribution >= 0.6 is 0 Å². The normalized spacial score (nSPS) is 17.0. The van der Waals surface area contributed by atoms with Crippen molar-refractivity contribution in [2.75, 3.05) is 13.1 Å². The Morgan fingerprint density at radius 2 is 1.96 bits per heavy atom. The molecule has 2 atom stereocenters. The van der Waals surface area contributed by atoms with E-state index in [1.54, 1.807) is 0 Å². The first-order chi connectivity index (χ1) is 11.4. The number of nitrogens with one attached hydrogen (secondary N) is 2. The standard InChI is InChI=1S/C16H20N4O4/c1-10(16(24)20-9-13(21)18-8-14(20)22)19-15(23)12(17)7-11-5-3-2-4-6-11/h2-6,10,12H,7-9,17H2,1H3,(H,18,21)(H,19,23)/t10-,12-/m0/s1. The molecule has 0 unspecified atom stereocenters. The molecule has 8 nitrogen and oxygen atoms in total. The van der Waals surface area contributed by atoms with Crippen molar-refractivity contribution in [3.63, 3.8) is 0 Å². The van der Waals surface area contributed by atoms with E-state index in [-0.39, 0.29) is 13.1 Å². The Kier molecular flexibility index (Phi) is 5.64. The van der Waals surface area contributed by atoms with Crippen LogP contribution in [-0.2, 0) is 25.6 Å². The van der Waals surface area contributed by atoms with Gasteiger partial charge in [0.05, 0.1) is 12.6 Å². The van der Waals surface area contributed by atoms with Crippen LogP contribution in [0, 0.1) is 0 Å². The Morgan fingerprint density at radius 1 is 1.29 bits per heavy atom. The number of benzene rings is 1. The first kappa shape index (κ1) is 17.6. The lowest BCUT2D eigenvalue weighted by Gasteiger charge is -2.28. The van der Waals surface area contributed by atoms with Gasteiger partial charge >= 0.3 is 0 Å². The van der Waals surface area contributed by atoms with Crippen LogP contribution in [0.3, 0.4) is 0 Å². The van der Waals surface area contributed by atoms with Crippen LogP contribution in [-0.4, -0.2) is 53.7 Å². The van der Waals surface area contributed by atoms with Gasteiger partial charge in [-0.05, 0) is 18.9 Å². The second-order valence-corrected chi connectivity index (χ2v) is 5.62. The van der Waals surface area contributed by atoms with Gasteiger partial charge in [0.2, 0.25) is 17.7 Å². The fraction of sp³-hybridized carbons (Fsp3) is 0.375. The number of carbonyl (C=O) groups excluding carboxylic acids is 4. The number of hydrogen-bond donors (Lipinski definition) is 3. The maximum Gasteiger partial charge on any atom is 0.251 e. The molecule has 1 aliphatic rings. The van der Waals surface area contributed by atoms with Crippen molar-refractivity contribution < 1.29 is 19.2 Å². The van der Waals surface area contributed by atoms with E-state index in [4.69, 9.17) is 5.73 Å². The number of hydrogen-bond acceptors (Lipinski definition) is 5. The monoisotopic (exact) mass is 332 g/mol. The average molecular weight is 332 g/mol. The van der Waals surface area contributed by atoms with Crippen LogP contribution in [0.5, 0.6) is 0 Å². The quantitative estimate of drug-likeness (QED) is 0.609.